The van der Waals surface area contributed by atoms with E-state index in [0.29, 0.717) is 30.4 Å². The third-order valence-corrected chi connectivity index (χ3v) is 8.11. The van der Waals surface area contributed by atoms with Gasteiger partial charge in [-0.3, -0.25) is 4.90 Å². The predicted octanol–water partition coefficient (Wildman–Crippen LogP) is 7.46. The number of ether oxygens (including phenoxy) is 2. The molecule has 222 valence electrons. The standard InChI is InChI=1S/C33H35F3N2O4/c1-2-41-18-15-24-12-11-23(19-29(24)33(34,35)36)22-42-28-10-6-9-27(20-28)31(26-7-4-3-5-8-26)38(32(39)40)30-21-37-16-13-25(30)14-17-37/h3-12,15,18-20,25,30-31H,2,13-14,16-17,21-22H2,1H3,(H,39,40)/b18-15+/t30-,31-/m0/s1. The molecule has 1 amide bonds. The number of hydrogen-bond donors (Lipinski definition) is 1. The third-order valence-electron chi connectivity index (χ3n) is 8.11. The zero-order valence-corrected chi connectivity index (χ0v) is 23.5. The summed E-state index contributed by atoms with van der Waals surface area (Å²) in [7, 11) is 0. The van der Waals surface area contributed by atoms with Gasteiger partial charge in [-0.25, -0.2) is 4.79 Å². The quantitative estimate of drug-likeness (QED) is 0.252. The maximum Gasteiger partial charge on any atom is 0.416 e. The number of fused-ring (bicyclic) bond motifs is 3. The number of benzene rings is 3. The molecule has 6 rings (SSSR count). The second-order valence-corrected chi connectivity index (χ2v) is 10.7. The summed E-state index contributed by atoms with van der Waals surface area (Å²) in [5.74, 6) is 0.743. The van der Waals surface area contributed by atoms with Gasteiger partial charge in [0.1, 0.15) is 12.4 Å². The van der Waals surface area contributed by atoms with Crippen LogP contribution in [0.2, 0.25) is 0 Å². The average molecular weight is 581 g/mol. The van der Waals surface area contributed by atoms with E-state index in [1.54, 1.807) is 36.1 Å². The average Bonchev–Trinajstić information content (AvgIpc) is 2.99. The zero-order chi connectivity index (χ0) is 29.7. The van der Waals surface area contributed by atoms with Gasteiger partial charge in [-0.05, 0) is 85.3 Å². The van der Waals surface area contributed by atoms with E-state index < -0.39 is 23.9 Å². The molecule has 0 unspecified atom stereocenters. The molecule has 3 aliphatic heterocycles. The molecule has 0 spiro atoms. The van der Waals surface area contributed by atoms with Gasteiger partial charge in [-0.1, -0.05) is 54.6 Å². The molecule has 2 bridgehead atoms. The van der Waals surface area contributed by atoms with Crippen molar-refractivity contribution in [2.45, 2.75) is 44.6 Å². The lowest BCUT2D eigenvalue weighted by atomic mass is 9.81. The van der Waals surface area contributed by atoms with Gasteiger partial charge < -0.3 is 19.5 Å². The Balaban J connectivity index is 1.42. The molecular weight excluding hydrogens is 545 g/mol. The van der Waals surface area contributed by atoms with E-state index in [-0.39, 0.29) is 18.2 Å². The Morgan fingerprint density at radius 3 is 2.43 bits per heavy atom. The first kappa shape index (κ1) is 29.5. The van der Waals surface area contributed by atoms with Crippen molar-refractivity contribution in [1.29, 1.82) is 0 Å². The summed E-state index contributed by atoms with van der Waals surface area (Å²) >= 11 is 0. The highest BCUT2D eigenvalue weighted by atomic mass is 19.4. The molecule has 6 nitrogen and oxygen atoms in total. The summed E-state index contributed by atoms with van der Waals surface area (Å²) in [5, 5.41) is 10.5. The van der Waals surface area contributed by atoms with Crippen molar-refractivity contribution in [3.63, 3.8) is 0 Å². The molecule has 2 atom stereocenters. The van der Waals surface area contributed by atoms with Crippen molar-refractivity contribution in [1.82, 2.24) is 9.80 Å². The molecule has 3 fully saturated rings. The number of piperidine rings is 3. The minimum atomic E-state index is -4.54. The fraction of sp³-hybridized carbons (Fsp3) is 0.364. The van der Waals surface area contributed by atoms with Gasteiger partial charge in [0.15, 0.2) is 0 Å². The number of carbonyl (C=O) groups is 1. The molecule has 42 heavy (non-hydrogen) atoms. The van der Waals surface area contributed by atoms with E-state index in [4.69, 9.17) is 9.47 Å². The molecule has 3 aromatic carbocycles. The summed E-state index contributed by atoms with van der Waals surface area (Å²) in [6, 6.07) is 20.1. The largest absolute Gasteiger partial charge is 0.501 e. The van der Waals surface area contributed by atoms with Crippen LogP contribution >= 0.6 is 0 Å². The van der Waals surface area contributed by atoms with Crippen LogP contribution < -0.4 is 4.74 Å². The summed E-state index contributed by atoms with van der Waals surface area (Å²) in [5.41, 5.74) is 1.19. The number of hydrogen-bond acceptors (Lipinski definition) is 4. The highest BCUT2D eigenvalue weighted by Crippen LogP contribution is 2.39. The van der Waals surface area contributed by atoms with Crippen LogP contribution in [0, 0.1) is 5.92 Å². The molecule has 3 heterocycles. The first-order valence-corrected chi connectivity index (χ1v) is 14.2. The van der Waals surface area contributed by atoms with Crippen LogP contribution in [0.5, 0.6) is 5.75 Å². The summed E-state index contributed by atoms with van der Waals surface area (Å²) in [6.07, 6.45) is -1.02. The minimum absolute atomic E-state index is 0.00824. The van der Waals surface area contributed by atoms with E-state index >= 15 is 0 Å². The van der Waals surface area contributed by atoms with Gasteiger partial charge in [0.2, 0.25) is 0 Å². The van der Waals surface area contributed by atoms with Gasteiger partial charge in [0, 0.05) is 6.54 Å². The van der Waals surface area contributed by atoms with E-state index in [0.717, 1.165) is 43.1 Å². The van der Waals surface area contributed by atoms with E-state index in [1.165, 1.54) is 18.4 Å². The first-order valence-electron chi connectivity index (χ1n) is 14.2. The van der Waals surface area contributed by atoms with Gasteiger partial charge in [0.05, 0.1) is 30.5 Å². The topological polar surface area (TPSA) is 62.2 Å². The Bertz CT molecular complexity index is 1390. The van der Waals surface area contributed by atoms with Crippen molar-refractivity contribution in [3.8, 4) is 5.75 Å². The van der Waals surface area contributed by atoms with Crippen LogP contribution in [-0.2, 0) is 17.5 Å². The van der Waals surface area contributed by atoms with Crippen molar-refractivity contribution < 1.29 is 32.5 Å². The predicted molar refractivity (Wildman–Crippen MR) is 154 cm³/mol. The Labute approximate surface area is 244 Å². The molecular formula is C33H35F3N2O4. The Morgan fingerprint density at radius 1 is 1.05 bits per heavy atom. The fourth-order valence-electron chi connectivity index (χ4n) is 6.08. The molecule has 1 N–H and O–H groups in total. The van der Waals surface area contributed by atoms with Crippen LogP contribution in [0.1, 0.15) is 53.6 Å². The van der Waals surface area contributed by atoms with Crippen LogP contribution in [-0.4, -0.2) is 53.3 Å². The monoisotopic (exact) mass is 580 g/mol. The number of amides is 1. The van der Waals surface area contributed by atoms with Crippen molar-refractivity contribution in [3.05, 3.63) is 107 Å². The number of rotatable bonds is 10. The molecule has 0 radical (unpaired) electrons. The Morgan fingerprint density at radius 2 is 1.79 bits per heavy atom. The summed E-state index contributed by atoms with van der Waals surface area (Å²) < 4.78 is 52.4. The van der Waals surface area contributed by atoms with Crippen molar-refractivity contribution in [2.75, 3.05) is 26.2 Å². The maximum absolute atomic E-state index is 13.8. The minimum Gasteiger partial charge on any atom is -0.501 e. The van der Waals surface area contributed by atoms with E-state index in [1.807, 2.05) is 36.4 Å². The molecule has 3 saturated heterocycles. The van der Waals surface area contributed by atoms with E-state index in [2.05, 4.69) is 4.90 Å². The normalized spacial score (nSPS) is 20.8. The number of carboxylic acid groups (broad SMARTS) is 1. The SMILES string of the molecule is CCO/C=C/c1ccc(COc2cccc([C@H](c3ccccc3)N(C(=O)O)[C@H]3CN4CCC3CC4)c2)cc1C(F)(F)F. The van der Waals surface area contributed by atoms with Gasteiger partial charge in [-0.2, -0.15) is 13.2 Å². The van der Waals surface area contributed by atoms with Crippen LogP contribution in [0.15, 0.2) is 79.1 Å². The lowest BCUT2D eigenvalue weighted by Crippen LogP contribution is -2.59. The Hall–Kier alpha value is -3.98. The van der Waals surface area contributed by atoms with Crippen molar-refractivity contribution in [2.24, 2.45) is 5.92 Å². The van der Waals surface area contributed by atoms with E-state index in [9.17, 15) is 23.1 Å². The van der Waals surface area contributed by atoms with Gasteiger partial charge >= 0.3 is 12.3 Å². The van der Waals surface area contributed by atoms with Gasteiger partial charge in [0.25, 0.3) is 0 Å². The summed E-state index contributed by atoms with van der Waals surface area (Å²) in [6.45, 7) is 4.72. The number of halogens is 3. The summed E-state index contributed by atoms with van der Waals surface area (Å²) in [4.78, 5) is 16.8. The Kier molecular flexibility index (Phi) is 9.06. The third kappa shape index (κ3) is 6.73. The number of nitrogens with zero attached hydrogens (tertiary/aromatic N) is 2. The highest BCUT2D eigenvalue weighted by molar-refractivity contribution is 5.67. The number of alkyl halides is 3. The molecule has 0 saturated carbocycles. The first-order chi connectivity index (χ1) is 20.2. The fourth-order valence-corrected chi connectivity index (χ4v) is 6.08. The smallest absolute Gasteiger partial charge is 0.416 e. The lowest BCUT2D eigenvalue weighted by Gasteiger charge is -2.50. The maximum atomic E-state index is 13.8. The van der Waals surface area contributed by atoms with Crippen LogP contribution in [0.4, 0.5) is 18.0 Å². The van der Waals surface area contributed by atoms with Gasteiger partial charge in [-0.15, -0.1) is 0 Å². The second-order valence-electron chi connectivity index (χ2n) is 10.7. The molecule has 0 aromatic heterocycles. The van der Waals surface area contributed by atoms with Crippen LogP contribution in [0.25, 0.3) is 6.08 Å². The van der Waals surface area contributed by atoms with Crippen LogP contribution in [0.3, 0.4) is 0 Å². The molecule has 0 aliphatic carbocycles. The molecule has 3 aromatic rings. The molecule has 3 aliphatic rings. The molecule has 9 heteroatoms. The lowest BCUT2D eigenvalue weighted by molar-refractivity contribution is -0.137. The highest BCUT2D eigenvalue weighted by Gasteiger charge is 2.43. The second kappa shape index (κ2) is 12.9. The zero-order valence-electron chi connectivity index (χ0n) is 23.5. The van der Waals surface area contributed by atoms with Crippen molar-refractivity contribution >= 4 is 12.2 Å².